The summed E-state index contributed by atoms with van der Waals surface area (Å²) < 4.78 is 18.9. The van der Waals surface area contributed by atoms with Crippen LogP contribution in [0.15, 0.2) is 41.8 Å². The quantitative estimate of drug-likeness (QED) is 0.888. The molecule has 0 aliphatic carbocycles. The number of benzene rings is 1. The van der Waals surface area contributed by atoms with Crippen molar-refractivity contribution in [1.82, 2.24) is 10.2 Å². The highest BCUT2D eigenvalue weighted by Crippen LogP contribution is 2.26. The Labute approximate surface area is 151 Å². The van der Waals surface area contributed by atoms with Crippen LogP contribution in [0.25, 0.3) is 0 Å². The summed E-state index contributed by atoms with van der Waals surface area (Å²) in [6, 6.07) is 9.97. The van der Waals surface area contributed by atoms with Gasteiger partial charge >= 0.3 is 0 Å². The average molecular weight is 362 g/mol. The van der Waals surface area contributed by atoms with Gasteiger partial charge in [-0.2, -0.15) is 0 Å². The summed E-state index contributed by atoms with van der Waals surface area (Å²) in [7, 11) is 0. The molecule has 1 aliphatic rings. The second-order valence-corrected chi connectivity index (χ2v) is 7.50. The van der Waals surface area contributed by atoms with Gasteiger partial charge in [0.05, 0.1) is 24.8 Å². The maximum Gasteiger partial charge on any atom is 0.234 e. The fraction of sp³-hybridized carbons (Fsp3) is 0.421. The predicted octanol–water partition coefficient (Wildman–Crippen LogP) is 3.20. The van der Waals surface area contributed by atoms with Crippen LogP contribution < -0.4 is 5.32 Å². The molecule has 2 aromatic rings. The maximum atomic E-state index is 13.2. The molecule has 4 nitrogen and oxygen atoms in total. The molecular formula is C19H23FN2O2S. The normalized spacial score (nSPS) is 22.5. The zero-order valence-corrected chi connectivity index (χ0v) is 15.3. The van der Waals surface area contributed by atoms with Crippen LogP contribution in [0, 0.1) is 5.82 Å². The van der Waals surface area contributed by atoms with E-state index in [1.807, 2.05) is 31.4 Å². The van der Waals surface area contributed by atoms with Gasteiger partial charge in [-0.3, -0.25) is 9.69 Å². The minimum Gasteiger partial charge on any atom is -0.373 e. The Morgan fingerprint density at radius 1 is 1.28 bits per heavy atom. The van der Waals surface area contributed by atoms with Crippen molar-refractivity contribution in [2.24, 2.45) is 0 Å². The lowest BCUT2D eigenvalue weighted by molar-refractivity contribution is -0.126. The molecule has 3 atom stereocenters. The van der Waals surface area contributed by atoms with Gasteiger partial charge in [-0.05, 0) is 43.0 Å². The second kappa shape index (κ2) is 8.08. The Morgan fingerprint density at radius 3 is 2.56 bits per heavy atom. The molecular weight excluding hydrogens is 339 g/mol. The largest absolute Gasteiger partial charge is 0.373 e. The Bertz CT molecular complexity index is 680. The number of nitrogens with zero attached hydrogens (tertiary/aromatic N) is 1. The van der Waals surface area contributed by atoms with Crippen molar-refractivity contribution in [1.29, 1.82) is 0 Å². The van der Waals surface area contributed by atoms with Gasteiger partial charge in [-0.1, -0.05) is 18.2 Å². The predicted molar refractivity (Wildman–Crippen MR) is 97.2 cm³/mol. The van der Waals surface area contributed by atoms with Crippen LogP contribution in [0.2, 0.25) is 0 Å². The van der Waals surface area contributed by atoms with Crippen LogP contribution in [-0.4, -0.2) is 42.6 Å². The van der Waals surface area contributed by atoms with Gasteiger partial charge < -0.3 is 10.1 Å². The highest BCUT2D eigenvalue weighted by atomic mass is 32.1. The number of amides is 1. The number of carbonyl (C=O) groups excluding carboxylic acids is 1. The Balaban J connectivity index is 1.70. The van der Waals surface area contributed by atoms with Crippen LogP contribution in [0.5, 0.6) is 0 Å². The van der Waals surface area contributed by atoms with Crippen molar-refractivity contribution < 1.29 is 13.9 Å². The molecule has 1 fully saturated rings. The van der Waals surface area contributed by atoms with Gasteiger partial charge in [0.15, 0.2) is 0 Å². The van der Waals surface area contributed by atoms with Crippen LogP contribution in [0.3, 0.4) is 0 Å². The molecule has 3 rings (SSSR count). The molecule has 2 heterocycles. The van der Waals surface area contributed by atoms with E-state index in [9.17, 15) is 9.18 Å². The SMILES string of the molecule is C[C@H]1CN(CC(=O)N[C@@H](c2ccc(F)cc2)c2cccs2)C[C@H](C)O1. The minimum atomic E-state index is -0.281. The molecule has 25 heavy (non-hydrogen) atoms. The number of hydrogen-bond donors (Lipinski definition) is 1. The average Bonchev–Trinajstić information content (AvgIpc) is 3.06. The van der Waals surface area contributed by atoms with Crippen molar-refractivity contribution in [3.8, 4) is 0 Å². The monoisotopic (exact) mass is 362 g/mol. The first-order chi connectivity index (χ1) is 12.0. The third-order valence-corrected chi connectivity index (χ3v) is 5.14. The van der Waals surface area contributed by atoms with Crippen molar-refractivity contribution in [3.05, 3.63) is 58.0 Å². The number of rotatable bonds is 5. The van der Waals surface area contributed by atoms with E-state index in [2.05, 4.69) is 10.2 Å². The molecule has 1 N–H and O–H groups in total. The topological polar surface area (TPSA) is 41.6 Å². The molecule has 0 unspecified atom stereocenters. The summed E-state index contributed by atoms with van der Waals surface area (Å²) in [4.78, 5) is 15.8. The van der Waals surface area contributed by atoms with E-state index >= 15 is 0 Å². The summed E-state index contributed by atoms with van der Waals surface area (Å²) in [6.45, 7) is 5.87. The first-order valence-corrected chi connectivity index (χ1v) is 9.35. The Morgan fingerprint density at radius 2 is 1.96 bits per heavy atom. The third kappa shape index (κ3) is 4.87. The van der Waals surface area contributed by atoms with E-state index in [0.717, 1.165) is 23.5 Å². The molecule has 1 aromatic carbocycles. The van der Waals surface area contributed by atoms with Crippen molar-refractivity contribution >= 4 is 17.2 Å². The number of carbonyl (C=O) groups is 1. The van der Waals surface area contributed by atoms with Crippen LogP contribution >= 0.6 is 11.3 Å². The summed E-state index contributed by atoms with van der Waals surface area (Å²) >= 11 is 1.58. The van der Waals surface area contributed by atoms with Gasteiger partial charge in [0.25, 0.3) is 0 Å². The Hall–Kier alpha value is -1.76. The van der Waals surface area contributed by atoms with Crippen LogP contribution in [0.1, 0.15) is 30.3 Å². The lowest BCUT2D eigenvalue weighted by atomic mass is 10.1. The third-order valence-electron chi connectivity index (χ3n) is 4.20. The Kier molecular flexibility index (Phi) is 5.83. The minimum absolute atomic E-state index is 0.0379. The van der Waals surface area contributed by atoms with Crippen molar-refractivity contribution in [2.75, 3.05) is 19.6 Å². The second-order valence-electron chi connectivity index (χ2n) is 6.52. The van der Waals surface area contributed by atoms with Crippen LogP contribution in [0.4, 0.5) is 4.39 Å². The summed E-state index contributed by atoms with van der Waals surface area (Å²) in [5, 5.41) is 5.07. The molecule has 1 amide bonds. The van der Waals surface area contributed by atoms with Gasteiger partial charge in [0.1, 0.15) is 5.82 Å². The number of ether oxygens (including phenoxy) is 1. The van der Waals surface area contributed by atoms with E-state index in [1.54, 1.807) is 23.5 Å². The molecule has 6 heteroatoms. The number of thiophene rings is 1. The van der Waals surface area contributed by atoms with Gasteiger partial charge in [0, 0.05) is 18.0 Å². The first-order valence-electron chi connectivity index (χ1n) is 8.47. The summed E-state index contributed by atoms with van der Waals surface area (Å²) in [5.74, 6) is -0.319. The van der Waals surface area contributed by atoms with E-state index in [0.29, 0.717) is 6.54 Å². The van der Waals surface area contributed by atoms with E-state index < -0.39 is 0 Å². The van der Waals surface area contributed by atoms with Crippen molar-refractivity contribution in [2.45, 2.75) is 32.1 Å². The zero-order valence-electron chi connectivity index (χ0n) is 14.4. The standard InChI is InChI=1S/C19H23FN2O2S/c1-13-10-22(11-14(2)24-13)12-18(23)21-19(17-4-3-9-25-17)15-5-7-16(20)8-6-15/h3-9,13-14,19H,10-12H2,1-2H3,(H,21,23)/t13-,14-,19-/m0/s1. The summed E-state index contributed by atoms with van der Waals surface area (Å²) in [5.41, 5.74) is 0.876. The molecule has 1 aromatic heterocycles. The lowest BCUT2D eigenvalue weighted by Gasteiger charge is -2.35. The molecule has 0 radical (unpaired) electrons. The number of nitrogens with one attached hydrogen (secondary N) is 1. The molecule has 1 aliphatic heterocycles. The molecule has 0 saturated carbocycles. The molecule has 0 bridgehead atoms. The molecule has 1 saturated heterocycles. The van der Waals surface area contributed by atoms with Gasteiger partial charge in [-0.25, -0.2) is 4.39 Å². The van der Waals surface area contributed by atoms with Gasteiger partial charge in [0.2, 0.25) is 5.91 Å². The van der Waals surface area contributed by atoms with E-state index in [1.165, 1.54) is 12.1 Å². The maximum absolute atomic E-state index is 13.2. The highest BCUT2D eigenvalue weighted by Gasteiger charge is 2.25. The number of hydrogen-bond acceptors (Lipinski definition) is 4. The van der Waals surface area contributed by atoms with Crippen LogP contribution in [-0.2, 0) is 9.53 Å². The smallest absolute Gasteiger partial charge is 0.234 e. The first kappa shape index (κ1) is 18.0. The highest BCUT2D eigenvalue weighted by molar-refractivity contribution is 7.10. The van der Waals surface area contributed by atoms with Gasteiger partial charge in [-0.15, -0.1) is 11.3 Å². The van der Waals surface area contributed by atoms with Crippen molar-refractivity contribution in [3.63, 3.8) is 0 Å². The number of morpholine rings is 1. The fourth-order valence-electron chi connectivity index (χ4n) is 3.25. The van der Waals surface area contributed by atoms with E-state index in [4.69, 9.17) is 4.74 Å². The zero-order chi connectivity index (χ0) is 17.8. The summed E-state index contributed by atoms with van der Waals surface area (Å²) in [6.07, 6.45) is 0.253. The molecule has 134 valence electrons. The number of halogens is 1. The fourth-order valence-corrected chi connectivity index (χ4v) is 4.06. The molecule has 0 spiro atoms. The lowest BCUT2D eigenvalue weighted by Crippen LogP contribution is -2.49. The van der Waals surface area contributed by atoms with E-state index in [-0.39, 0.29) is 30.0 Å².